The summed E-state index contributed by atoms with van der Waals surface area (Å²) in [5.41, 5.74) is 28.3. The number of carbonyl (C=O) groups excluding carboxylic acids is 6. The molecule has 36 nitrogen and oxygen atoms in total. The second-order valence-corrected chi connectivity index (χ2v) is 37.1. The predicted octanol–water partition coefficient (Wildman–Crippen LogP) is 7.58. The molecule has 14 rings (SSSR count). The van der Waals surface area contributed by atoms with Crippen molar-refractivity contribution in [2.75, 3.05) is 128 Å². The second kappa shape index (κ2) is 45.1. The SMILES string of the molecule is CO[C@H]1C[C@@H]2CC[C@@H](C)[C@@](O)(O2)C(=O)C(=O)N2CCCC[C@H]2C(=O)O[C@H]([C@H](N)C[C@@H]2CC[C@@H](OC(=S)NCc3cnc(N4CCN(C(=O)CCOCCN5CCN(c6ncc(C(=O)N7CCc8cc(Cn9nc(-c%10ccc%11oc(N)nc%11c%10)c%10c(N)ncnc%109)ccc8C7)cn6)CC5)CC4)nc3)[C@H](OC)C2)C[C@@H](OC)[C@H](C)/C=C(\C)[C@@H](O)[C@@H](O)C(=O)[C@H](C)C[C@H](C)/C=C/C=CC=C1C. The fourth-order valence-corrected chi connectivity index (χ4v) is 19.6. The molecule has 133 heavy (non-hydrogen) atoms. The molecule has 716 valence electrons. The van der Waals surface area contributed by atoms with Crippen LogP contribution >= 0.6 is 12.2 Å². The number of esters is 1. The number of carbonyl (C=O) groups is 6. The number of amides is 3. The summed E-state index contributed by atoms with van der Waals surface area (Å²) in [6.07, 6.45) is 18.3. The van der Waals surface area contributed by atoms with Gasteiger partial charge in [-0.3, -0.25) is 28.9 Å². The van der Waals surface area contributed by atoms with Crippen LogP contribution in [0.3, 0.4) is 0 Å². The lowest BCUT2D eigenvalue weighted by Gasteiger charge is -2.43. The molecular weight excluding hydrogens is 1720 g/mol. The van der Waals surface area contributed by atoms with Gasteiger partial charge in [-0.15, -0.1) is 0 Å². The molecule has 6 aliphatic heterocycles. The average molecular weight is 1850 g/mol. The first-order valence-corrected chi connectivity index (χ1v) is 47.0. The fourth-order valence-electron chi connectivity index (χ4n) is 19.4. The quantitative estimate of drug-likeness (QED) is 0.0120. The van der Waals surface area contributed by atoms with E-state index in [1.54, 1.807) is 71.9 Å². The zero-order valence-electron chi connectivity index (χ0n) is 77.6. The first-order valence-electron chi connectivity index (χ1n) is 46.6. The largest absolute Gasteiger partial charge is 0.465 e. The van der Waals surface area contributed by atoms with E-state index in [4.69, 9.17) is 72.1 Å². The molecule has 5 aromatic heterocycles. The van der Waals surface area contributed by atoms with E-state index in [9.17, 15) is 44.1 Å². The Morgan fingerprint density at radius 2 is 1.46 bits per heavy atom. The van der Waals surface area contributed by atoms with Crippen molar-refractivity contribution in [3.05, 3.63) is 143 Å². The van der Waals surface area contributed by atoms with Crippen molar-refractivity contribution in [1.82, 2.24) is 69.6 Å². The van der Waals surface area contributed by atoms with Crippen LogP contribution in [-0.2, 0) is 83.2 Å². The maximum atomic E-state index is 14.9. The number of ketones is 2. The molecule has 16 atom stereocenters. The minimum absolute atomic E-state index is 0.0304. The lowest BCUT2D eigenvalue weighted by Crippen LogP contribution is -2.61. The number of nitrogens with zero attached hydrogens (tertiary/aromatic N) is 15. The molecule has 2 aromatic carbocycles. The van der Waals surface area contributed by atoms with Gasteiger partial charge in [0.2, 0.25) is 23.6 Å². The molecule has 37 heteroatoms. The number of oxazole rings is 1. The molecule has 7 aliphatic rings. The van der Waals surface area contributed by atoms with Crippen LogP contribution in [-0.4, -0.2) is 293 Å². The Kier molecular flexibility index (Phi) is 33.3. The summed E-state index contributed by atoms with van der Waals surface area (Å²) < 4.78 is 50.5. The van der Waals surface area contributed by atoms with E-state index >= 15 is 0 Å². The number of nitrogens with one attached hydrogen (secondary N) is 1. The smallest absolute Gasteiger partial charge is 0.329 e. The molecule has 1 aliphatic carbocycles. The van der Waals surface area contributed by atoms with E-state index in [-0.39, 0.29) is 73.6 Å². The normalized spacial score (nSPS) is 27.7. The Hall–Kier alpha value is -10.7. The van der Waals surface area contributed by atoms with Gasteiger partial charge >= 0.3 is 5.97 Å². The van der Waals surface area contributed by atoms with Crippen molar-refractivity contribution in [2.45, 2.75) is 218 Å². The molecule has 7 aromatic rings. The van der Waals surface area contributed by atoms with Gasteiger partial charge in [0.05, 0.1) is 61.5 Å². The lowest BCUT2D eigenvalue weighted by atomic mass is 9.80. The minimum atomic E-state index is -2.48. The van der Waals surface area contributed by atoms with E-state index in [2.05, 4.69) is 73.1 Å². The number of benzene rings is 2. The van der Waals surface area contributed by atoms with Gasteiger partial charge in [0, 0.05) is 179 Å². The number of aliphatic hydroxyl groups is 3. The number of fused-ring (bicyclic) bond motifs is 6. The number of hydrogen-bond acceptors (Lipinski definition) is 32. The molecular formula is C96H129N19O17S. The summed E-state index contributed by atoms with van der Waals surface area (Å²) in [4.78, 5) is 128. The number of nitrogens with two attached hydrogens (primary N) is 3. The minimum Gasteiger partial charge on any atom is -0.465 e. The Morgan fingerprint density at radius 3 is 2.20 bits per heavy atom. The third-order valence-corrected chi connectivity index (χ3v) is 27.7. The number of piperazine rings is 2. The lowest BCUT2D eigenvalue weighted by molar-refractivity contribution is -0.265. The van der Waals surface area contributed by atoms with Crippen LogP contribution < -0.4 is 32.3 Å². The van der Waals surface area contributed by atoms with Crippen molar-refractivity contribution >= 4 is 98.5 Å². The molecule has 0 unspecified atom stereocenters. The summed E-state index contributed by atoms with van der Waals surface area (Å²) in [5, 5.41) is 44.0. The Bertz CT molecular complexity index is 5350. The van der Waals surface area contributed by atoms with E-state index in [1.807, 2.05) is 77.8 Å². The van der Waals surface area contributed by atoms with Crippen LogP contribution in [0.15, 0.2) is 120 Å². The zero-order chi connectivity index (χ0) is 94.3. The van der Waals surface area contributed by atoms with Gasteiger partial charge in [-0.05, 0) is 155 Å². The number of thiocarbonyl (C=S) groups is 1. The number of ether oxygens (including phenoxy) is 7. The summed E-state index contributed by atoms with van der Waals surface area (Å²) in [5.74, 6) is -6.54. The van der Waals surface area contributed by atoms with Crippen LogP contribution in [0.1, 0.15) is 158 Å². The van der Waals surface area contributed by atoms with Crippen molar-refractivity contribution in [3.8, 4) is 11.3 Å². The maximum absolute atomic E-state index is 14.9. The number of anilines is 4. The van der Waals surface area contributed by atoms with Gasteiger partial charge < -0.3 is 99.9 Å². The Balaban J connectivity index is 0.500. The summed E-state index contributed by atoms with van der Waals surface area (Å²) in [7, 11) is 4.69. The van der Waals surface area contributed by atoms with Crippen molar-refractivity contribution in [1.29, 1.82) is 0 Å². The highest BCUT2D eigenvalue weighted by Gasteiger charge is 2.54. The molecule has 10 N–H and O–H groups in total. The molecule has 1 saturated carbocycles. The topological polar surface area (TPSA) is 458 Å². The molecule has 11 heterocycles. The number of cyclic esters (lactones) is 1. The standard InChI is InChI=1S/C96H129N19O17S/c1-57-15-11-10-12-16-58(2)76(125-7)47-70-23-18-62(6)96(124,132-70)86(120)90(122)114-28-14-13-17-73(114)91(123)129-78(48-77(126-8)59(3)42-61(5)84(118)85(119)83(117)60(4)41-57)71(97)44-63-20-24-75(79(45-63)127-9)131-95(133)104-51-65-49-100-93(101-50-65)112-36-34-110(35-37-112)80(116)27-39-128-40-38-109-30-32-111(33-31-109)94-102-52-69(53-103-94)89(121)113-29-26-66-43-64(19-21-68(66)55-113)54-115-88-81(87(98)105-56-106-88)82(108-115)67-22-25-74-72(46-67)107-92(99)130-74/h10-12,15-16,19,21-22,25,42-43,46,49-50,52-53,56-57,59-60,62-63,70-71,73,75-79,84-85,118-119,124H,13-14,17-18,20,23-24,26-41,44-45,47-48,51,54-55,97H2,1-9H3,(H2,99,107)(H,104,133)(H2,98,105,106)/b12-10?,15-11+,58-16?,61-42+/t57-,59-,60-,62-,63+,70+,71-,73+,75-,76+,77-,78+,79-,84-,85+,96-/m1/s1. The fraction of sp³-hybridized carbons (Fsp3) is 0.573. The van der Waals surface area contributed by atoms with Gasteiger partial charge in [-0.2, -0.15) is 10.1 Å². The highest BCUT2D eigenvalue weighted by molar-refractivity contribution is 7.80. The third-order valence-electron chi connectivity index (χ3n) is 27.4. The highest BCUT2D eigenvalue weighted by atomic mass is 32.1. The predicted molar refractivity (Wildman–Crippen MR) is 501 cm³/mol. The number of aromatic nitrogens is 9. The number of nitrogen functional groups attached to an aromatic ring is 2. The number of methoxy groups -OCH3 is 3. The van der Waals surface area contributed by atoms with Crippen molar-refractivity contribution < 1.29 is 81.7 Å². The van der Waals surface area contributed by atoms with E-state index in [0.717, 1.165) is 53.0 Å². The van der Waals surface area contributed by atoms with E-state index < -0.39 is 108 Å². The van der Waals surface area contributed by atoms with Crippen molar-refractivity contribution in [3.63, 3.8) is 0 Å². The Morgan fingerprint density at radius 1 is 0.722 bits per heavy atom. The first kappa shape index (κ1) is 98.3. The third kappa shape index (κ3) is 24.2. The summed E-state index contributed by atoms with van der Waals surface area (Å²) in [6.45, 7) is 19.2. The monoisotopic (exact) mass is 1850 g/mol. The van der Waals surface area contributed by atoms with E-state index in [1.165, 1.54) is 18.3 Å². The number of allylic oxidation sites excluding steroid dienone is 5. The highest BCUT2D eigenvalue weighted by Crippen LogP contribution is 2.40. The summed E-state index contributed by atoms with van der Waals surface area (Å²) >= 11 is 5.75. The van der Waals surface area contributed by atoms with Crippen LogP contribution in [0.4, 0.5) is 23.7 Å². The number of hydrogen-bond donors (Lipinski definition) is 7. The summed E-state index contributed by atoms with van der Waals surface area (Å²) in [6, 6.07) is 9.91. The second-order valence-electron chi connectivity index (χ2n) is 36.7. The van der Waals surface area contributed by atoms with Gasteiger partial charge in [-0.1, -0.05) is 82.4 Å². The first-order chi connectivity index (χ1) is 64.0. The van der Waals surface area contributed by atoms with Crippen LogP contribution in [0.25, 0.3) is 33.4 Å². The zero-order valence-corrected chi connectivity index (χ0v) is 78.4. The van der Waals surface area contributed by atoms with Gasteiger partial charge in [0.25, 0.3) is 28.8 Å². The van der Waals surface area contributed by atoms with Gasteiger partial charge in [0.1, 0.15) is 53.8 Å². The van der Waals surface area contributed by atoms with Crippen LogP contribution in [0.5, 0.6) is 0 Å². The number of Topliss-reactive ketones (excluding diaryl/α,β-unsaturated/α-hetero) is 2. The average Bonchev–Trinajstić information content (AvgIpc) is 1.62. The number of rotatable bonds is 21. The molecule has 0 spiro atoms. The molecule has 4 saturated heterocycles. The van der Waals surface area contributed by atoms with Crippen LogP contribution in [0.2, 0.25) is 0 Å². The number of aliphatic hydroxyl groups excluding tert-OH is 2. The maximum Gasteiger partial charge on any atom is 0.329 e. The number of piperidine rings is 1. The molecule has 5 fully saturated rings. The van der Waals surface area contributed by atoms with Gasteiger partial charge in [-0.25, -0.2) is 39.4 Å². The Labute approximate surface area is 780 Å². The van der Waals surface area contributed by atoms with Gasteiger partial charge in [0.15, 0.2) is 17.0 Å². The molecule has 0 radical (unpaired) electrons. The van der Waals surface area contributed by atoms with Crippen molar-refractivity contribution in [2.24, 2.45) is 35.3 Å². The van der Waals surface area contributed by atoms with Crippen LogP contribution in [0, 0.1) is 29.6 Å². The van der Waals surface area contributed by atoms with E-state index in [0.29, 0.717) is 193 Å². The molecule has 2 bridgehead atoms. The molecule has 3 amide bonds.